The van der Waals surface area contributed by atoms with E-state index in [1.54, 1.807) is 0 Å². The van der Waals surface area contributed by atoms with Crippen molar-refractivity contribution < 1.29 is 15.3 Å². The molecule has 0 bridgehead atoms. The Labute approximate surface area is 117 Å². The van der Waals surface area contributed by atoms with Gasteiger partial charge in [0.25, 0.3) is 0 Å². The molecule has 0 aliphatic heterocycles. The third-order valence-corrected chi connectivity index (χ3v) is 6.37. The molecule has 0 heterocycles. The molecule has 2 aliphatic carbocycles. The van der Waals surface area contributed by atoms with E-state index in [1.807, 2.05) is 6.92 Å². The van der Waals surface area contributed by atoms with Crippen LogP contribution in [0.1, 0.15) is 59.3 Å². The molecule has 2 saturated carbocycles. The van der Waals surface area contributed by atoms with Crippen LogP contribution in [0.2, 0.25) is 0 Å². The number of fused-ring (bicyclic) bond motifs is 1. The van der Waals surface area contributed by atoms with E-state index in [-0.39, 0.29) is 30.0 Å². The van der Waals surface area contributed by atoms with E-state index in [0.717, 1.165) is 32.1 Å². The van der Waals surface area contributed by atoms with Crippen LogP contribution in [0, 0.1) is 22.7 Å². The van der Waals surface area contributed by atoms with Gasteiger partial charge in [-0.3, -0.25) is 0 Å². The topological polar surface area (TPSA) is 60.7 Å². The first kappa shape index (κ1) is 15.3. The van der Waals surface area contributed by atoms with Gasteiger partial charge in [0.05, 0.1) is 5.60 Å². The van der Waals surface area contributed by atoms with Crippen molar-refractivity contribution in [2.75, 3.05) is 13.2 Å². The molecule has 3 nitrogen and oxygen atoms in total. The second-order valence-electron chi connectivity index (χ2n) is 7.68. The standard InChI is InChI=1S/C16H30O3/c1-14(11-18)7-4-8-15(2)12(14)5-9-16(3,19)13(15)6-10-17/h12-13,17-19H,4-11H2,1-3H3. The summed E-state index contributed by atoms with van der Waals surface area (Å²) in [4.78, 5) is 0. The highest BCUT2D eigenvalue weighted by Crippen LogP contribution is 2.62. The molecule has 2 rings (SSSR count). The molecular weight excluding hydrogens is 240 g/mol. The van der Waals surface area contributed by atoms with Gasteiger partial charge in [-0.2, -0.15) is 0 Å². The Morgan fingerprint density at radius 2 is 1.74 bits per heavy atom. The van der Waals surface area contributed by atoms with Gasteiger partial charge in [0.1, 0.15) is 0 Å². The zero-order valence-electron chi connectivity index (χ0n) is 12.7. The summed E-state index contributed by atoms with van der Waals surface area (Å²) in [5.74, 6) is 0.588. The van der Waals surface area contributed by atoms with Crippen molar-refractivity contribution in [3.63, 3.8) is 0 Å². The smallest absolute Gasteiger partial charge is 0.0654 e. The maximum absolute atomic E-state index is 10.7. The van der Waals surface area contributed by atoms with E-state index < -0.39 is 5.60 Å². The van der Waals surface area contributed by atoms with Crippen LogP contribution in [0.3, 0.4) is 0 Å². The average molecular weight is 270 g/mol. The van der Waals surface area contributed by atoms with Crippen molar-refractivity contribution in [1.29, 1.82) is 0 Å². The second-order valence-corrected chi connectivity index (χ2v) is 7.68. The van der Waals surface area contributed by atoms with Crippen molar-refractivity contribution in [1.82, 2.24) is 0 Å². The van der Waals surface area contributed by atoms with Gasteiger partial charge >= 0.3 is 0 Å². The van der Waals surface area contributed by atoms with Crippen molar-refractivity contribution >= 4 is 0 Å². The van der Waals surface area contributed by atoms with Crippen LogP contribution in [-0.4, -0.2) is 34.1 Å². The van der Waals surface area contributed by atoms with Gasteiger partial charge in [0.15, 0.2) is 0 Å². The van der Waals surface area contributed by atoms with Crippen LogP contribution in [0.25, 0.3) is 0 Å². The molecule has 5 atom stereocenters. The predicted molar refractivity (Wildman–Crippen MR) is 75.7 cm³/mol. The van der Waals surface area contributed by atoms with Crippen LogP contribution in [0.4, 0.5) is 0 Å². The van der Waals surface area contributed by atoms with Crippen LogP contribution in [0.15, 0.2) is 0 Å². The lowest BCUT2D eigenvalue weighted by atomic mass is 9.45. The van der Waals surface area contributed by atoms with Gasteiger partial charge in [0, 0.05) is 13.2 Å². The molecule has 112 valence electrons. The summed E-state index contributed by atoms with van der Waals surface area (Å²) in [5, 5.41) is 30.0. The van der Waals surface area contributed by atoms with E-state index >= 15 is 0 Å². The quantitative estimate of drug-likeness (QED) is 0.737. The van der Waals surface area contributed by atoms with Gasteiger partial charge < -0.3 is 15.3 Å². The van der Waals surface area contributed by atoms with Crippen molar-refractivity contribution in [2.45, 2.75) is 64.9 Å². The first-order chi connectivity index (χ1) is 8.80. The number of hydrogen-bond acceptors (Lipinski definition) is 3. The van der Waals surface area contributed by atoms with E-state index in [9.17, 15) is 15.3 Å². The Balaban J connectivity index is 2.36. The summed E-state index contributed by atoms with van der Waals surface area (Å²) in [5.41, 5.74) is -0.654. The molecular formula is C16H30O3. The van der Waals surface area contributed by atoms with E-state index in [0.29, 0.717) is 12.3 Å². The first-order valence-corrected chi connectivity index (χ1v) is 7.74. The van der Waals surface area contributed by atoms with Crippen LogP contribution in [-0.2, 0) is 0 Å². The number of aliphatic hydroxyl groups is 3. The number of hydrogen-bond donors (Lipinski definition) is 3. The van der Waals surface area contributed by atoms with Gasteiger partial charge in [-0.05, 0) is 61.7 Å². The van der Waals surface area contributed by atoms with Crippen molar-refractivity contribution in [3.8, 4) is 0 Å². The molecule has 0 saturated heterocycles. The maximum atomic E-state index is 10.7. The minimum absolute atomic E-state index is 0.0167. The fourth-order valence-corrected chi connectivity index (χ4v) is 5.39. The molecule has 3 N–H and O–H groups in total. The molecule has 0 radical (unpaired) electrons. The fourth-order valence-electron chi connectivity index (χ4n) is 5.39. The van der Waals surface area contributed by atoms with Crippen molar-refractivity contribution in [3.05, 3.63) is 0 Å². The lowest BCUT2D eigenvalue weighted by molar-refractivity contribution is -0.181. The third-order valence-electron chi connectivity index (χ3n) is 6.37. The van der Waals surface area contributed by atoms with Crippen LogP contribution < -0.4 is 0 Å². The zero-order chi connectivity index (χ0) is 14.3. The van der Waals surface area contributed by atoms with E-state index in [2.05, 4.69) is 13.8 Å². The summed E-state index contributed by atoms with van der Waals surface area (Å²) in [6.45, 7) is 6.78. The Morgan fingerprint density at radius 1 is 1.05 bits per heavy atom. The molecule has 2 fully saturated rings. The zero-order valence-corrected chi connectivity index (χ0v) is 12.7. The summed E-state index contributed by atoms with van der Waals surface area (Å²) in [6.07, 6.45) is 5.74. The number of aliphatic hydroxyl groups excluding tert-OH is 2. The van der Waals surface area contributed by atoms with Gasteiger partial charge in [0.2, 0.25) is 0 Å². The third kappa shape index (κ3) is 2.34. The molecule has 5 unspecified atom stereocenters. The van der Waals surface area contributed by atoms with E-state index in [4.69, 9.17) is 0 Å². The van der Waals surface area contributed by atoms with Gasteiger partial charge in [-0.15, -0.1) is 0 Å². The Morgan fingerprint density at radius 3 is 2.32 bits per heavy atom. The predicted octanol–water partition coefficient (Wildman–Crippen LogP) is 2.33. The van der Waals surface area contributed by atoms with Crippen LogP contribution >= 0.6 is 0 Å². The molecule has 0 spiro atoms. The normalized spacial score (nSPS) is 50.8. The maximum Gasteiger partial charge on any atom is 0.0654 e. The SMILES string of the molecule is CC1(O)CCC2C(C)(CO)CCCC2(C)C1CCO. The molecule has 0 amide bonds. The lowest BCUT2D eigenvalue weighted by Crippen LogP contribution is -2.59. The average Bonchev–Trinajstić information content (AvgIpc) is 2.33. The minimum atomic E-state index is -0.679. The summed E-state index contributed by atoms with van der Waals surface area (Å²) < 4.78 is 0. The molecule has 0 aromatic heterocycles. The Bertz CT molecular complexity index is 324. The fraction of sp³-hybridized carbons (Fsp3) is 1.00. The lowest BCUT2D eigenvalue weighted by Gasteiger charge is -2.61. The summed E-state index contributed by atoms with van der Waals surface area (Å²) >= 11 is 0. The first-order valence-electron chi connectivity index (χ1n) is 7.74. The Hall–Kier alpha value is -0.120. The van der Waals surface area contributed by atoms with Crippen molar-refractivity contribution in [2.24, 2.45) is 22.7 Å². The van der Waals surface area contributed by atoms with Gasteiger partial charge in [-0.25, -0.2) is 0 Å². The number of rotatable bonds is 3. The Kier molecular flexibility index (Phi) is 4.03. The molecule has 19 heavy (non-hydrogen) atoms. The highest BCUT2D eigenvalue weighted by molar-refractivity contribution is 5.08. The minimum Gasteiger partial charge on any atom is -0.396 e. The largest absolute Gasteiger partial charge is 0.396 e. The van der Waals surface area contributed by atoms with E-state index in [1.165, 1.54) is 0 Å². The molecule has 0 aromatic rings. The van der Waals surface area contributed by atoms with Gasteiger partial charge in [-0.1, -0.05) is 20.3 Å². The molecule has 3 heteroatoms. The summed E-state index contributed by atoms with van der Waals surface area (Å²) in [7, 11) is 0. The molecule has 0 aromatic carbocycles. The van der Waals surface area contributed by atoms with Crippen LogP contribution in [0.5, 0.6) is 0 Å². The highest BCUT2D eigenvalue weighted by Gasteiger charge is 2.58. The monoisotopic (exact) mass is 270 g/mol. The second kappa shape index (κ2) is 5.01. The highest BCUT2D eigenvalue weighted by atomic mass is 16.3. The molecule has 2 aliphatic rings. The summed E-state index contributed by atoms with van der Waals surface area (Å²) in [6, 6.07) is 0.